The maximum Gasteiger partial charge on any atom is 0.320 e. The molecule has 0 saturated heterocycles. The minimum Gasteiger partial charge on any atom is -0.396 e. The van der Waals surface area contributed by atoms with E-state index in [-0.39, 0.29) is 24.6 Å². The fraction of sp³-hybridized carbons (Fsp3) is 0.474. The van der Waals surface area contributed by atoms with Crippen LogP contribution < -0.4 is 10.6 Å². The van der Waals surface area contributed by atoms with Crippen molar-refractivity contribution in [3.8, 4) is 0 Å². The number of aromatic nitrogens is 2. The molecule has 3 N–H and O–H groups in total. The lowest BCUT2D eigenvalue weighted by Gasteiger charge is -2.30. The number of fused-ring (bicyclic) bond motifs is 2. The van der Waals surface area contributed by atoms with Gasteiger partial charge in [0.05, 0.1) is 6.54 Å². The Balaban J connectivity index is 1.34. The van der Waals surface area contributed by atoms with E-state index < -0.39 is 0 Å². The Labute approximate surface area is 147 Å². The molecule has 2 aromatic rings. The predicted molar refractivity (Wildman–Crippen MR) is 95.1 cm³/mol. The van der Waals surface area contributed by atoms with E-state index in [1.165, 1.54) is 6.42 Å². The zero-order valence-electron chi connectivity index (χ0n) is 14.1. The van der Waals surface area contributed by atoms with Crippen molar-refractivity contribution in [1.29, 1.82) is 0 Å². The molecule has 4 rings (SSSR count). The van der Waals surface area contributed by atoms with Gasteiger partial charge in [-0.1, -0.05) is 30.3 Å². The van der Waals surface area contributed by atoms with E-state index in [0.717, 1.165) is 18.4 Å². The lowest BCUT2D eigenvalue weighted by Crippen LogP contribution is -2.46. The van der Waals surface area contributed by atoms with Gasteiger partial charge in [0.25, 0.3) is 0 Å². The van der Waals surface area contributed by atoms with E-state index in [0.29, 0.717) is 24.2 Å². The average Bonchev–Trinajstić information content (AvgIpc) is 3.32. The van der Waals surface area contributed by atoms with E-state index >= 15 is 0 Å². The molecule has 132 valence electrons. The smallest absolute Gasteiger partial charge is 0.320 e. The fourth-order valence-corrected chi connectivity index (χ4v) is 4.49. The van der Waals surface area contributed by atoms with Gasteiger partial charge in [-0.25, -0.2) is 4.79 Å². The molecule has 25 heavy (non-hydrogen) atoms. The molecule has 2 saturated carbocycles. The molecule has 0 radical (unpaired) electrons. The molecule has 2 amide bonds. The van der Waals surface area contributed by atoms with Crippen molar-refractivity contribution in [3.63, 3.8) is 0 Å². The Morgan fingerprint density at radius 1 is 1.20 bits per heavy atom. The second kappa shape index (κ2) is 6.88. The zero-order valence-corrected chi connectivity index (χ0v) is 14.1. The number of rotatable bonds is 5. The molecule has 4 unspecified atom stereocenters. The zero-order chi connectivity index (χ0) is 17.2. The topological polar surface area (TPSA) is 79.2 Å². The van der Waals surface area contributed by atoms with E-state index in [1.807, 2.05) is 36.5 Å². The highest BCUT2D eigenvalue weighted by Gasteiger charge is 2.47. The van der Waals surface area contributed by atoms with Gasteiger partial charge in [0, 0.05) is 30.8 Å². The highest BCUT2D eigenvalue weighted by molar-refractivity contribution is 5.88. The number of carbonyl (C=O) groups excluding carboxylic acids is 1. The number of aliphatic hydroxyl groups excluding tert-OH is 1. The largest absolute Gasteiger partial charge is 0.396 e. The van der Waals surface area contributed by atoms with Gasteiger partial charge < -0.3 is 10.4 Å². The molecular weight excluding hydrogens is 316 g/mol. The summed E-state index contributed by atoms with van der Waals surface area (Å²) >= 11 is 0. The summed E-state index contributed by atoms with van der Waals surface area (Å²) in [6.07, 6.45) is 5.32. The lowest BCUT2D eigenvalue weighted by atomic mass is 9.85. The van der Waals surface area contributed by atoms with Crippen molar-refractivity contribution in [3.05, 3.63) is 48.2 Å². The van der Waals surface area contributed by atoms with Gasteiger partial charge in [-0.15, -0.1) is 0 Å². The van der Waals surface area contributed by atoms with Crippen LogP contribution in [0, 0.1) is 17.8 Å². The van der Waals surface area contributed by atoms with Crippen LogP contribution in [0.1, 0.15) is 24.8 Å². The summed E-state index contributed by atoms with van der Waals surface area (Å²) in [7, 11) is 0. The number of nitrogens with zero attached hydrogens (tertiary/aromatic N) is 2. The van der Waals surface area contributed by atoms with Crippen LogP contribution in [0.15, 0.2) is 42.6 Å². The quantitative estimate of drug-likeness (QED) is 0.782. The molecule has 6 heteroatoms. The van der Waals surface area contributed by atoms with Crippen molar-refractivity contribution in [2.45, 2.75) is 31.8 Å². The third kappa shape index (κ3) is 3.39. The molecule has 0 spiro atoms. The summed E-state index contributed by atoms with van der Waals surface area (Å²) in [6.45, 7) is 0.820. The minimum atomic E-state index is -0.235. The Bertz CT molecular complexity index is 730. The standard InChI is InChI=1S/C19H24N4O2/c24-12-16-14-6-7-15(10-14)18(16)21-19(25)20-17-8-9-23(22-17)11-13-4-2-1-3-5-13/h1-5,8-9,14-16,18,24H,6-7,10-12H2,(H2,20,21,22,25). The average molecular weight is 340 g/mol. The van der Waals surface area contributed by atoms with E-state index in [2.05, 4.69) is 15.7 Å². The molecule has 2 aliphatic carbocycles. The Hall–Kier alpha value is -2.34. The number of carbonyl (C=O) groups is 1. The van der Waals surface area contributed by atoms with E-state index in [9.17, 15) is 9.90 Å². The van der Waals surface area contributed by atoms with Crippen molar-refractivity contribution in [1.82, 2.24) is 15.1 Å². The first-order valence-corrected chi connectivity index (χ1v) is 8.98. The second-order valence-corrected chi connectivity index (χ2v) is 7.19. The van der Waals surface area contributed by atoms with Gasteiger partial charge in [0.1, 0.15) is 0 Å². The van der Waals surface area contributed by atoms with Crippen LogP contribution >= 0.6 is 0 Å². The van der Waals surface area contributed by atoms with Gasteiger partial charge in [-0.3, -0.25) is 10.00 Å². The molecule has 0 aliphatic heterocycles. The number of amides is 2. The highest BCUT2D eigenvalue weighted by atomic mass is 16.3. The fourth-order valence-electron chi connectivity index (χ4n) is 4.49. The number of hydrogen-bond acceptors (Lipinski definition) is 3. The van der Waals surface area contributed by atoms with Crippen LogP contribution in [0.25, 0.3) is 0 Å². The summed E-state index contributed by atoms with van der Waals surface area (Å²) in [5.74, 6) is 1.80. The summed E-state index contributed by atoms with van der Waals surface area (Å²) < 4.78 is 1.80. The van der Waals surface area contributed by atoms with Crippen molar-refractivity contribution < 1.29 is 9.90 Å². The van der Waals surface area contributed by atoms with Gasteiger partial charge >= 0.3 is 6.03 Å². The summed E-state index contributed by atoms with van der Waals surface area (Å²) in [5.41, 5.74) is 1.16. The minimum absolute atomic E-state index is 0.0788. The predicted octanol–water partition coefficient (Wildman–Crippen LogP) is 2.46. The van der Waals surface area contributed by atoms with Crippen LogP contribution in [0.4, 0.5) is 10.6 Å². The second-order valence-electron chi connectivity index (χ2n) is 7.19. The van der Waals surface area contributed by atoms with Crippen LogP contribution in [0.5, 0.6) is 0 Å². The normalized spacial score (nSPS) is 27.4. The van der Waals surface area contributed by atoms with Crippen LogP contribution in [0.3, 0.4) is 0 Å². The molecule has 2 bridgehead atoms. The number of nitrogens with one attached hydrogen (secondary N) is 2. The molecule has 2 fully saturated rings. The number of aliphatic hydroxyl groups is 1. The first-order valence-electron chi connectivity index (χ1n) is 8.98. The summed E-state index contributed by atoms with van der Waals surface area (Å²) in [5, 5.41) is 19.9. The lowest BCUT2D eigenvalue weighted by molar-refractivity contribution is 0.146. The van der Waals surface area contributed by atoms with Crippen LogP contribution in [-0.4, -0.2) is 33.6 Å². The maximum atomic E-state index is 12.3. The van der Waals surface area contributed by atoms with Gasteiger partial charge in [-0.05, 0) is 36.7 Å². The van der Waals surface area contributed by atoms with E-state index in [1.54, 1.807) is 10.7 Å². The first kappa shape index (κ1) is 16.1. The molecule has 2 aliphatic rings. The van der Waals surface area contributed by atoms with Crippen molar-refractivity contribution in [2.24, 2.45) is 17.8 Å². The third-order valence-electron chi connectivity index (χ3n) is 5.67. The molecular formula is C19H24N4O2. The van der Waals surface area contributed by atoms with Crippen molar-refractivity contribution in [2.75, 3.05) is 11.9 Å². The molecule has 1 aromatic carbocycles. The number of benzene rings is 1. The monoisotopic (exact) mass is 340 g/mol. The Kier molecular flexibility index (Phi) is 4.44. The Morgan fingerprint density at radius 3 is 2.80 bits per heavy atom. The van der Waals surface area contributed by atoms with Gasteiger partial charge in [0.15, 0.2) is 5.82 Å². The van der Waals surface area contributed by atoms with Crippen molar-refractivity contribution >= 4 is 11.8 Å². The highest BCUT2D eigenvalue weighted by Crippen LogP contribution is 2.48. The number of anilines is 1. The molecule has 4 atom stereocenters. The summed E-state index contributed by atoms with van der Waals surface area (Å²) in [6, 6.07) is 11.7. The first-order chi connectivity index (χ1) is 12.2. The third-order valence-corrected chi connectivity index (χ3v) is 5.67. The van der Waals surface area contributed by atoms with Gasteiger partial charge in [0.2, 0.25) is 0 Å². The van der Waals surface area contributed by atoms with Crippen LogP contribution in [-0.2, 0) is 6.54 Å². The molecule has 6 nitrogen and oxygen atoms in total. The maximum absolute atomic E-state index is 12.3. The van der Waals surface area contributed by atoms with Gasteiger partial charge in [-0.2, -0.15) is 5.10 Å². The SMILES string of the molecule is O=C(Nc1ccn(Cc2ccccc2)n1)NC1C2CCC(C2)C1CO. The van der Waals surface area contributed by atoms with Crippen LogP contribution in [0.2, 0.25) is 0 Å². The number of urea groups is 1. The van der Waals surface area contributed by atoms with E-state index in [4.69, 9.17) is 0 Å². The molecule has 1 heterocycles. The molecule has 1 aromatic heterocycles. The summed E-state index contributed by atoms with van der Waals surface area (Å²) in [4.78, 5) is 12.3. The number of hydrogen-bond donors (Lipinski definition) is 3. The Morgan fingerprint density at radius 2 is 2.00 bits per heavy atom.